The van der Waals surface area contributed by atoms with Crippen LogP contribution in [-0.2, 0) is 0 Å². The van der Waals surface area contributed by atoms with E-state index >= 15 is 0 Å². The van der Waals surface area contributed by atoms with Gasteiger partial charge in [-0.2, -0.15) is 0 Å². The van der Waals surface area contributed by atoms with Crippen molar-refractivity contribution in [3.63, 3.8) is 0 Å². The summed E-state index contributed by atoms with van der Waals surface area (Å²) in [6.07, 6.45) is 1.57. The van der Waals surface area contributed by atoms with Gasteiger partial charge in [0.05, 0.1) is 6.26 Å². The minimum atomic E-state index is 0.514. The number of nitrogen functional groups attached to an aromatic ring is 1. The second-order valence-corrected chi connectivity index (χ2v) is 1.47. The third-order valence-corrected chi connectivity index (χ3v) is 0.902. The Labute approximate surface area is 41.9 Å². The van der Waals surface area contributed by atoms with E-state index in [4.69, 9.17) is 10.2 Å². The van der Waals surface area contributed by atoms with Gasteiger partial charge in [-0.25, -0.2) is 0 Å². The van der Waals surface area contributed by atoms with Gasteiger partial charge in [0.2, 0.25) is 0 Å². The molecule has 1 rings (SSSR count). The summed E-state index contributed by atoms with van der Waals surface area (Å²) < 4.78 is 4.74. The van der Waals surface area contributed by atoms with Crippen LogP contribution < -0.4 is 5.73 Å². The highest BCUT2D eigenvalue weighted by Crippen LogP contribution is 2.08. The maximum Gasteiger partial charge on any atom is 0.192 e. The van der Waals surface area contributed by atoms with E-state index in [-0.39, 0.29) is 0 Å². The summed E-state index contributed by atoms with van der Waals surface area (Å²) in [5, 5.41) is 0. The lowest BCUT2D eigenvalue weighted by molar-refractivity contribution is 0.586. The molecule has 0 fully saturated rings. The number of furan rings is 1. The van der Waals surface area contributed by atoms with Crippen molar-refractivity contribution >= 4 is 5.88 Å². The Hall–Kier alpha value is -0.920. The molecule has 2 N–H and O–H groups in total. The third kappa shape index (κ3) is 0.585. The lowest BCUT2D eigenvalue weighted by Crippen LogP contribution is -1.80. The number of rotatable bonds is 0. The zero-order chi connectivity index (χ0) is 5.28. The molecular weight excluding hydrogens is 90.1 g/mol. The number of nitrogens with two attached hydrogens (primary N) is 1. The van der Waals surface area contributed by atoms with Crippen molar-refractivity contribution in [2.75, 3.05) is 5.73 Å². The summed E-state index contributed by atoms with van der Waals surface area (Å²) in [7, 11) is 0. The van der Waals surface area contributed by atoms with Gasteiger partial charge >= 0.3 is 0 Å². The number of anilines is 1. The summed E-state index contributed by atoms with van der Waals surface area (Å²) in [6.45, 7) is 1.90. The fraction of sp³-hybridized carbons (Fsp3) is 0.200. The zero-order valence-electron chi connectivity index (χ0n) is 4.14. The molecule has 7 heavy (non-hydrogen) atoms. The quantitative estimate of drug-likeness (QED) is 0.527. The summed E-state index contributed by atoms with van der Waals surface area (Å²) in [5.74, 6) is 0.514. The van der Waals surface area contributed by atoms with E-state index in [1.54, 1.807) is 6.26 Å². The van der Waals surface area contributed by atoms with Gasteiger partial charge in [0.15, 0.2) is 5.88 Å². The zero-order valence-corrected chi connectivity index (χ0v) is 4.14. The molecule has 0 atom stereocenters. The second kappa shape index (κ2) is 1.30. The third-order valence-electron chi connectivity index (χ3n) is 0.902. The Morgan fingerprint density at radius 1 is 1.71 bits per heavy atom. The van der Waals surface area contributed by atoms with E-state index in [1.165, 1.54) is 0 Å². The smallest absolute Gasteiger partial charge is 0.192 e. The lowest BCUT2D eigenvalue weighted by atomic mass is 10.4. The van der Waals surface area contributed by atoms with E-state index in [2.05, 4.69) is 0 Å². The van der Waals surface area contributed by atoms with Gasteiger partial charge in [-0.3, -0.25) is 0 Å². The van der Waals surface area contributed by atoms with E-state index < -0.39 is 0 Å². The van der Waals surface area contributed by atoms with Crippen molar-refractivity contribution in [3.05, 3.63) is 17.9 Å². The van der Waals surface area contributed by atoms with Crippen LogP contribution in [-0.4, -0.2) is 0 Å². The Morgan fingerprint density at radius 2 is 2.43 bits per heavy atom. The van der Waals surface area contributed by atoms with E-state index in [0.717, 1.165) is 5.56 Å². The molecule has 0 radical (unpaired) electrons. The predicted molar refractivity (Wildman–Crippen MR) is 27.9 cm³/mol. The van der Waals surface area contributed by atoms with Crippen molar-refractivity contribution < 1.29 is 4.42 Å². The molecule has 0 aromatic carbocycles. The van der Waals surface area contributed by atoms with E-state index in [1.807, 2.05) is 13.0 Å². The molecule has 0 aliphatic carbocycles. The molecule has 0 saturated carbocycles. The molecule has 1 heterocycles. The van der Waals surface area contributed by atoms with E-state index in [0.29, 0.717) is 5.88 Å². The maximum atomic E-state index is 5.27. The Morgan fingerprint density at radius 3 is 2.57 bits per heavy atom. The Balaban J connectivity index is 3.12. The predicted octanol–water partition coefficient (Wildman–Crippen LogP) is 1.17. The first kappa shape index (κ1) is 4.24. The molecule has 0 amide bonds. The van der Waals surface area contributed by atoms with Crippen LogP contribution in [0.4, 0.5) is 5.88 Å². The molecule has 1 aromatic heterocycles. The molecule has 2 nitrogen and oxygen atoms in total. The molecule has 0 bridgehead atoms. The van der Waals surface area contributed by atoms with E-state index in [9.17, 15) is 0 Å². The van der Waals surface area contributed by atoms with Gasteiger partial charge in [-0.05, 0) is 13.0 Å². The van der Waals surface area contributed by atoms with Crippen LogP contribution in [0.5, 0.6) is 0 Å². The number of hydrogen-bond acceptors (Lipinski definition) is 2. The highest BCUT2D eigenvalue weighted by Gasteiger charge is 1.89. The highest BCUT2D eigenvalue weighted by atomic mass is 16.3. The van der Waals surface area contributed by atoms with Crippen molar-refractivity contribution in [2.24, 2.45) is 0 Å². The average molecular weight is 97.1 g/mol. The first-order valence-corrected chi connectivity index (χ1v) is 2.10. The number of aryl methyl sites for hydroxylation is 1. The van der Waals surface area contributed by atoms with Crippen molar-refractivity contribution in [2.45, 2.75) is 6.92 Å². The molecule has 0 aliphatic heterocycles. The van der Waals surface area contributed by atoms with Crippen LogP contribution in [0.3, 0.4) is 0 Å². The van der Waals surface area contributed by atoms with Gasteiger partial charge in [0.25, 0.3) is 0 Å². The summed E-state index contributed by atoms with van der Waals surface area (Å²) >= 11 is 0. The Bertz CT molecular complexity index is 140. The minimum absolute atomic E-state index is 0.514. The molecule has 0 aliphatic rings. The van der Waals surface area contributed by atoms with Gasteiger partial charge < -0.3 is 10.2 Å². The summed E-state index contributed by atoms with van der Waals surface area (Å²) in [4.78, 5) is 0. The highest BCUT2D eigenvalue weighted by molar-refractivity contribution is 5.33. The topological polar surface area (TPSA) is 39.2 Å². The fourth-order valence-electron chi connectivity index (χ4n) is 0.384. The van der Waals surface area contributed by atoms with Crippen LogP contribution in [0.15, 0.2) is 16.7 Å². The van der Waals surface area contributed by atoms with Crippen LogP contribution in [0.1, 0.15) is 5.56 Å². The van der Waals surface area contributed by atoms with Crippen molar-refractivity contribution in [1.29, 1.82) is 0 Å². The minimum Gasteiger partial charge on any atom is -0.449 e. The molecule has 2 heteroatoms. The number of hydrogen-bond donors (Lipinski definition) is 1. The van der Waals surface area contributed by atoms with Crippen LogP contribution in [0, 0.1) is 6.92 Å². The normalized spacial score (nSPS) is 9.29. The van der Waals surface area contributed by atoms with Gasteiger partial charge in [0, 0.05) is 5.56 Å². The van der Waals surface area contributed by atoms with Gasteiger partial charge in [0.1, 0.15) is 0 Å². The van der Waals surface area contributed by atoms with Gasteiger partial charge in [-0.15, -0.1) is 0 Å². The van der Waals surface area contributed by atoms with Crippen molar-refractivity contribution in [1.82, 2.24) is 0 Å². The van der Waals surface area contributed by atoms with Crippen LogP contribution in [0.25, 0.3) is 0 Å². The summed E-state index contributed by atoms with van der Waals surface area (Å²) in [5.41, 5.74) is 6.27. The van der Waals surface area contributed by atoms with Crippen LogP contribution in [0.2, 0.25) is 0 Å². The van der Waals surface area contributed by atoms with Gasteiger partial charge in [-0.1, -0.05) is 0 Å². The SMILES string of the molecule is Cc1ccoc1N. The standard InChI is InChI=1S/C5H7NO/c1-4-2-3-7-5(4)6/h2-3H,6H2,1H3. The monoisotopic (exact) mass is 97.1 g/mol. The molecule has 0 spiro atoms. The largest absolute Gasteiger partial charge is 0.449 e. The fourth-order valence-corrected chi connectivity index (χ4v) is 0.384. The Kier molecular flexibility index (Phi) is 0.785. The molecule has 0 saturated heterocycles. The first-order valence-electron chi connectivity index (χ1n) is 2.10. The maximum absolute atomic E-state index is 5.27. The molecule has 38 valence electrons. The average Bonchev–Trinajstić information content (AvgIpc) is 1.91. The molecule has 0 unspecified atom stereocenters. The molecule has 1 aromatic rings. The lowest BCUT2D eigenvalue weighted by Gasteiger charge is -1.80. The van der Waals surface area contributed by atoms with Crippen molar-refractivity contribution in [3.8, 4) is 0 Å². The second-order valence-electron chi connectivity index (χ2n) is 1.47. The molecular formula is C5H7NO. The first-order chi connectivity index (χ1) is 3.30. The summed E-state index contributed by atoms with van der Waals surface area (Å²) in [6, 6.07) is 1.83. The van der Waals surface area contributed by atoms with Crippen LogP contribution >= 0.6 is 0 Å².